The van der Waals surface area contributed by atoms with Gasteiger partial charge in [-0.2, -0.15) is 0 Å². The Hall–Kier alpha value is -2.23. The Labute approximate surface area is 91.9 Å². The van der Waals surface area contributed by atoms with Gasteiger partial charge in [-0.05, 0) is 29.4 Å². The fourth-order valence-electron chi connectivity index (χ4n) is 1.36. The fourth-order valence-corrected chi connectivity index (χ4v) is 1.36. The highest BCUT2D eigenvalue weighted by atomic mass is 19.1. The predicted molar refractivity (Wildman–Crippen MR) is 61.6 cm³/mol. The molecule has 4 heteroatoms. The van der Waals surface area contributed by atoms with E-state index in [1.807, 2.05) is 30.3 Å². The van der Waals surface area contributed by atoms with E-state index >= 15 is 0 Å². The molecule has 16 heavy (non-hydrogen) atoms. The summed E-state index contributed by atoms with van der Waals surface area (Å²) in [6.45, 7) is 0. The first-order valence-corrected chi connectivity index (χ1v) is 4.74. The maximum Gasteiger partial charge on any atom is 0.134 e. The maximum atomic E-state index is 12.8. The topological polar surface area (TPSA) is 41.5 Å². The van der Waals surface area contributed by atoms with Crippen molar-refractivity contribution in [3.63, 3.8) is 0 Å². The van der Waals surface area contributed by atoms with Crippen molar-refractivity contribution in [3.8, 4) is 0 Å². The number of nitrogens with one attached hydrogen (secondary N) is 1. The maximum absolute atomic E-state index is 12.8. The molecule has 80 valence electrons. The van der Waals surface area contributed by atoms with Crippen molar-refractivity contribution in [1.29, 1.82) is 0 Å². The van der Waals surface area contributed by atoms with Gasteiger partial charge in [-0.3, -0.25) is 0 Å². The smallest absolute Gasteiger partial charge is 0.134 e. The predicted octanol–water partition coefficient (Wildman–Crippen LogP) is 3.97. The zero-order valence-corrected chi connectivity index (χ0v) is 8.35. The molecule has 0 radical (unpaired) electrons. The van der Waals surface area contributed by atoms with E-state index in [0.717, 1.165) is 11.8 Å². The Bertz CT molecular complexity index is 500. The lowest BCUT2D eigenvalue weighted by molar-refractivity contribution is 0.628. The number of nitroso groups, excluding NO2 is 1. The zero-order valence-electron chi connectivity index (χ0n) is 8.35. The van der Waals surface area contributed by atoms with Gasteiger partial charge in [0.2, 0.25) is 0 Å². The number of anilines is 2. The number of nitrogens with zero attached hydrogens (tertiary/aromatic N) is 1. The molecule has 2 aromatic rings. The largest absolute Gasteiger partial charge is 0.354 e. The molecule has 0 aromatic heterocycles. The van der Waals surface area contributed by atoms with Gasteiger partial charge < -0.3 is 5.32 Å². The number of halogens is 1. The van der Waals surface area contributed by atoms with Gasteiger partial charge in [-0.15, -0.1) is 4.91 Å². The van der Waals surface area contributed by atoms with E-state index in [4.69, 9.17) is 0 Å². The van der Waals surface area contributed by atoms with Crippen LogP contribution >= 0.6 is 0 Å². The number of hydrogen-bond acceptors (Lipinski definition) is 3. The molecule has 0 saturated heterocycles. The van der Waals surface area contributed by atoms with Crippen LogP contribution in [0.4, 0.5) is 21.5 Å². The van der Waals surface area contributed by atoms with Crippen molar-refractivity contribution >= 4 is 17.1 Å². The molecule has 1 N–H and O–H groups in total. The monoisotopic (exact) mass is 216 g/mol. The lowest BCUT2D eigenvalue weighted by Crippen LogP contribution is -1.90. The molecule has 0 aliphatic heterocycles. The third kappa shape index (κ3) is 2.23. The van der Waals surface area contributed by atoms with E-state index in [2.05, 4.69) is 10.5 Å². The summed E-state index contributed by atoms with van der Waals surface area (Å²) in [4.78, 5) is 10.5. The average molecular weight is 216 g/mol. The summed E-state index contributed by atoms with van der Waals surface area (Å²) in [6, 6.07) is 13.2. The molecule has 0 aliphatic rings. The molecule has 2 aromatic carbocycles. The van der Waals surface area contributed by atoms with Crippen LogP contribution in [0.2, 0.25) is 0 Å². The van der Waals surface area contributed by atoms with Crippen LogP contribution in [0.15, 0.2) is 53.7 Å². The summed E-state index contributed by atoms with van der Waals surface area (Å²) < 4.78 is 12.8. The second-order valence-corrected chi connectivity index (χ2v) is 3.24. The van der Waals surface area contributed by atoms with E-state index in [-0.39, 0.29) is 5.69 Å². The highest BCUT2D eigenvalue weighted by Gasteiger charge is 2.04. The number of hydrogen-bond donors (Lipinski definition) is 1. The Balaban J connectivity index is 2.31. The van der Waals surface area contributed by atoms with Crippen LogP contribution < -0.4 is 5.32 Å². The van der Waals surface area contributed by atoms with Crippen molar-refractivity contribution < 1.29 is 4.39 Å². The minimum atomic E-state index is -0.479. The third-order valence-corrected chi connectivity index (χ3v) is 2.11. The van der Waals surface area contributed by atoms with Gasteiger partial charge in [0.15, 0.2) is 0 Å². The first-order chi connectivity index (χ1) is 7.79. The van der Waals surface area contributed by atoms with Crippen molar-refractivity contribution in [2.24, 2.45) is 5.18 Å². The molecule has 0 amide bonds. The van der Waals surface area contributed by atoms with Crippen LogP contribution in [0, 0.1) is 10.7 Å². The highest BCUT2D eigenvalue weighted by Crippen LogP contribution is 2.28. The average Bonchev–Trinajstić information content (AvgIpc) is 2.33. The van der Waals surface area contributed by atoms with Crippen molar-refractivity contribution in [1.82, 2.24) is 0 Å². The lowest BCUT2D eigenvalue weighted by atomic mass is 10.2. The van der Waals surface area contributed by atoms with Crippen LogP contribution in [-0.4, -0.2) is 0 Å². The molecule has 0 aliphatic carbocycles. The van der Waals surface area contributed by atoms with Crippen LogP contribution in [0.3, 0.4) is 0 Å². The van der Waals surface area contributed by atoms with Crippen LogP contribution in [0.5, 0.6) is 0 Å². The molecule has 0 atom stereocenters. The van der Waals surface area contributed by atoms with Crippen LogP contribution in [0.25, 0.3) is 0 Å². The Morgan fingerprint density at radius 3 is 2.50 bits per heavy atom. The van der Waals surface area contributed by atoms with Crippen molar-refractivity contribution in [2.75, 3.05) is 5.32 Å². The molecule has 0 bridgehead atoms. The van der Waals surface area contributed by atoms with Crippen LogP contribution in [-0.2, 0) is 0 Å². The number of para-hydroxylation sites is 1. The van der Waals surface area contributed by atoms with Gasteiger partial charge in [0.05, 0.1) is 5.69 Å². The summed E-state index contributed by atoms with van der Waals surface area (Å²) in [7, 11) is 0. The van der Waals surface area contributed by atoms with E-state index in [9.17, 15) is 9.30 Å². The molecule has 0 unspecified atom stereocenters. The summed E-state index contributed by atoms with van der Waals surface area (Å²) >= 11 is 0. The fraction of sp³-hybridized carbons (Fsp3) is 0. The van der Waals surface area contributed by atoms with Gasteiger partial charge in [-0.1, -0.05) is 18.2 Å². The molecule has 3 nitrogen and oxygen atoms in total. The van der Waals surface area contributed by atoms with Crippen molar-refractivity contribution in [3.05, 3.63) is 59.3 Å². The zero-order chi connectivity index (χ0) is 11.4. The highest BCUT2D eigenvalue weighted by molar-refractivity contribution is 5.71. The second kappa shape index (κ2) is 4.53. The number of rotatable bonds is 3. The van der Waals surface area contributed by atoms with E-state index in [0.29, 0.717) is 5.69 Å². The molecule has 0 fully saturated rings. The summed E-state index contributed by atoms with van der Waals surface area (Å²) in [5.41, 5.74) is 1.37. The lowest BCUT2D eigenvalue weighted by Gasteiger charge is -2.07. The quantitative estimate of drug-likeness (QED) is 0.789. The first kappa shape index (κ1) is 10.3. The first-order valence-electron chi connectivity index (χ1n) is 4.74. The second-order valence-electron chi connectivity index (χ2n) is 3.24. The van der Waals surface area contributed by atoms with E-state index in [1.165, 1.54) is 12.1 Å². The minimum Gasteiger partial charge on any atom is -0.354 e. The van der Waals surface area contributed by atoms with Gasteiger partial charge in [-0.25, -0.2) is 4.39 Å². The third-order valence-electron chi connectivity index (χ3n) is 2.11. The molecular formula is C12H9FN2O. The number of benzene rings is 2. The van der Waals surface area contributed by atoms with Gasteiger partial charge in [0.1, 0.15) is 11.5 Å². The Kier molecular flexibility index (Phi) is 2.91. The molecule has 0 spiro atoms. The van der Waals surface area contributed by atoms with E-state index < -0.39 is 5.82 Å². The molecular weight excluding hydrogens is 207 g/mol. The van der Waals surface area contributed by atoms with Crippen molar-refractivity contribution in [2.45, 2.75) is 0 Å². The summed E-state index contributed by atoms with van der Waals surface area (Å²) in [6.07, 6.45) is 0. The SMILES string of the molecule is O=Nc1cc(F)ccc1Nc1ccccc1. The molecule has 2 rings (SSSR count). The van der Waals surface area contributed by atoms with E-state index in [1.54, 1.807) is 0 Å². The normalized spacial score (nSPS) is 9.81. The minimum absolute atomic E-state index is 0.0591. The Morgan fingerprint density at radius 1 is 1.06 bits per heavy atom. The van der Waals surface area contributed by atoms with Gasteiger partial charge in [0, 0.05) is 11.8 Å². The Morgan fingerprint density at radius 2 is 1.81 bits per heavy atom. The molecule has 0 heterocycles. The van der Waals surface area contributed by atoms with Crippen LogP contribution in [0.1, 0.15) is 0 Å². The van der Waals surface area contributed by atoms with Gasteiger partial charge >= 0.3 is 0 Å². The molecule has 0 saturated carbocycles. The standard InChI is InChI=1S/C12H9FN2O/c13-9-6-7-11(12(8-9)15-16)14-10-4-2-1-3-5-10/h1-8,14H. The summed E-state index contributed by atoms with van der Waals surface area (Å²) in [5, 5.41) is 5.77. The summed E-state index contributed by atoms with van der Waals surface area (Å²) in [5.74, 6) is -0.479. The van der Waals surface area contributed by atoms with Gasteiger partial charge in [0.25, 0.3) is 0 Å².